The van der Waals surface area contributed by atoms with Gasteiger partial charge in [-0.05, 0) is 25.8 Å². The summed E-state index contributed by atoms with van der Waals surface area (Å²) >= 11 is 0. The largest absolute Gasteiger partial charge is 0.396 e. The first-order chi connectivity index (χ1) is 9.42. The maximum Gasteiger partial charge on any atom is 0.270 e. The summed E-state index contributed by atoms with van der Waals surface area (Å²) in [5, 5.41) is 19.6. The van der Waals surface area contributed by atoms with Gasteiger partial charge in [0, 0.05) is 31.8 Å². The maximum absolute atomic E-state index is 14.0. The van der Waals surface area contributed by atoms with Crippen molar-refractivity contribution in [3.63, 3.8) is 0 Å². The number of carbonyl (C=O) groups excluding carboxylic acids is 1. The number of rotatable bonds is 6. The van der Waals surface area contributed by atoms with E-state index in [0.717, 1.165) is 12.1 Å². The second-order valence-corrected chi connectivity index (χ2v) is 4.34. The van der Waals surface area contributed by atoms with Gasteiger partial charge in [0.15, 0.2) is 0 Å². The van der Waals surface area contributed by atoms with E-state index in [2.05, 4.69) is 0 Å². The lowest BCUT2D eigenvalue weighted by Crippen LogP contribution is -2.33. The smallest absolute Gasteiger partial charge is 0.270 e. The Balaban J connectivity index is 3.16. The molecule has 7 heteroatoms. The van der Waals surface area contributed by atoms with Crippen LogP contribution in [-0.4, -0.2) is 40.5 Å². The number of nitro groups is 1. The molecule has 6 nitrogen and oxygen atoms in total. The van der Waals surface area contributed by atoms with Crippen molar-refractivity contribution in [1.82, 2.24) is 4.90 Å². The number of hydrogen-bond acceptors (Lipinski definition) is 4. The second-order valence-electron chi connectivity index (χ2n) is 4.34. The van der Waals surface area contributed by atoms with Crippen LogP contribution in [0.25, 0.3) is 0 Å². The molecule has 0 fully saturated rings. The molecule has 1 amide bonds. The highest BCUT2D eigenvalue weighted by molar-refractivity contribution is 5.95. The molecule has 1 rings (SSSR count). The third kappa shape index (κ3) is 3.51. The fourth-order valence-electron chi connectivity index (χ4n) is 1.85. The van der Waals surface area contributed by atoms with Crippen molar-refractivity contribution < 1.29 is 19.2 Å². The van der Waals surface area contributed by atoms with Gasteiger partial charge in [0.2, 0.25) is 0 Å². The first kappa shape index (κ1) is 16.0. The monoisotopic (exact) mass is 284 g/mol. The Kier molecular flexibility index (Phi) is 5.57. The lowest BCUT2D eigenvalue weighted by Gasteiger charge is -2.21. The fourth-order valence-corrected chi connectivity index (χ4v) is 1.85. The third-order valence-electron chi connectivity index (χ3n) is 2.94. The predicted octanol–water partition coefficient (Wildman–Crippen LogP) is 1.89. The van der Waals surface area contributed by atoms with E-state index in [1.807, 2.05) is 0 Å². The van der Waals surface area contributed by atoms with Crippen LogP contribution in [0.4, 0.5) is 10.1 Å². The van der Waals surface area contributed by atoms with Gasteiger partial charge < -0.3 is 10.0 Å². The van der Waals surface area contributed by atoms with Crippen molar-refractivity contribution in [2.24, 2.45) is 0 Å². The van der Waals surface area contributed by atoms with Crippen molar-refractivity contribution >= 4 is 11.6 Å². The van der Waals surface area contributed by atoms with Gasteiger partial charge >= 0.3 is 0 Å². The minimum absolute atomic E-state index is 0.0563. The predicted molar refractivity (Wildman–Crippen MR) is 71.1 cm³/mol. The van der Waals surface area contributed by atoms with E-state index in [1.165, 1.54) is 11.8 Å². The number of aryl methyl sites for hydroxylation is 1. The van der Waals surface area contributed by atoms with Crippen LogP contribution in [0.3, 0.4) is 0 Å². The summed E-state index contributed by atoms with van der Waals surface area (Å²) in [5.74, 6) is -1.35. The Labute approximate surface area is 116 Å². The molecule has 0 saturated carbocycles. The van der Waals surface area contributed by atoms with E-state index in [4.69, 9.17) is 5.11 Å². The molecular weight excluding hydrogens is 267 g/mol. The van der Waals surface area contributed by atoms with Gasteiger partial charge in [0.05, 0.1) is 10.5 Å². The molecular formula is C13H17FN2O4. The second kappa shape index (κ2) is 6.95. The minimum atomic E-state index is -0.747. The maximum atomic E-state index is 14.0. The summed E-state index contributed by atoms with van der Waals surface area (Å²) in [6, 6.07) is 2.04. The number of carbonyl (C=O) groups is 1. The van der Waals surface area contributed by atoms with Crippen LogP contribution in [0.2, 0.25) is 0 Å². The van der Waals surface area contributed by atoms with E-state index in [1.54, 1.807) is 6.92 Å². The minimum Gasteiger partial charge on any atom is -0.396 e. The number of benzene rings is 1. The first-order valence-corrected chi connectivity index (χ1v) is 6.27. The molecule has 1 aromatic rings. The zero-order chi connectivity index (χ0) is 15.3. The molecule has 0 aliphatic heterocycles. The van der Waals surface area contributed by atoms with Crippen LogP contribution < -0.4 is 0 Å². The molecule has 1 aromatic carbocycles. The lowest BCUT2D eigenvalue weighted by atomic mass is 10.1. The van der Waals surface area contributed by atoms with Crippen molar-refractivity contribution in [1.29, 1.82) is 0 Å². The van der Waals surface area contributed by atoms with Crippen LogP contribution in [-0.2, 0) is 0 Å². The van der Waals surface area contributed by atoms with Crippen LogP contribution in [0.5, 0.6) is 0 Å². The van der Waals surface area contributed by atoms with Crippen molar-refractivity contribution in [2.45, 2.75) is 20.3 Å². The number of aliphatic hydroxyl groups excluding tert-OH is 1. The van der Waals surface area contributed by atoms with Crippen molar-refractivity contribution in [3.05, 3.63) is 39.2 Å². The van der Waals surface area contributed by atoms with Gasteiger partial charge in [-0.25, -0.2) is 4.39 Å². The number of nitro benzene ring substituents is 1. The van der Waals surface area contributed by atoms with Crippen LogP contribution in [0, 0.1) is 22.9 Å². The topological polar surface area (TPSA) is 83.7 Å². The summed E-state index contributed by atoms with van der Waals surface area (Å²) in [7, 11) is 0. The van der Waals surface area contributed by atoms with Gasteiger partial charge in [-0.2, -0.15) is 0 Å². The molecule has 0 aromatic heterocycles. The Bertz CT molecular complexity index is 519. The number of halogens is 1. The molecule has 0 atom stereocenters. The highest BCUT2D eigenvalue weighted by Gasteiger charge is 2.23. The molecule has 0 heterocycles. The quantitative estimate of drug-likeness (QED) is 0.638. The number of hydrogen-bond donors (Lipinski definition) is 1. The summed E-state index contributed by atoms with van der Waals surface area (Å²) in [6.07, 6.45) is 0.370. The average molecular weight is 284 g/mol. The van der Waals surface area contributed by atoms with Crippen molar-refractivity contribution in [3.8, 4) is 0 Å². The molecule has 0 bridgehead atoms. The van der Waals surface area contributed by atoms with Crippen molar-refractivity contribution in [2.75, 3.05) is 19.7 Å². The first-order valence-electron chi connectivity index (χ1n) is 6.27. The van der Waals surface area contributed by atoms with Gasteiger partial charge in [-0.3, -0.25) is 14.9 Å². The fraction of sp³-hybridized carbons (Fsp3) is 0.462. The molecule has 0 spiro atoms. The van der Waals surface area contributed by atoms with Crippen LogP contribution >= 0.6 is 0 Å². The third-order valence-corrected chi connectivity index (χ3v) is 2.94. The summed E-state index contributed by atoms with van der Waals surface area (Å²) in [4.78, 5) is 23.7. The standard InChI is InChI=1S/C13H17FN2O4/c1-3-15(5-4-6-17)13(18)11-8-10(16(19)20)7-9(2)12(11)14/h7-8,17H,3-6H2,1-2H3. The number of non-ortho nitro benzene ring substituents is 1. The normalized spacial score (nSPS) is 10.4. The summed E-state index contributed by atoms with van der Waals surface area (Å²) in [6.45, 7) is 3.62. The molecule has 1 N–H and O–H groups in total. The molecule has 0 radical (unpaired) electrons. The highest BCUT2D eigenvalue weighted by atomic mass is 19.1. The molecule has 0 unspecified atom stereocenters. The van der Waals surface area contributed by atoms with Gasteiger partial charge in [-0.1, -0.05) is 0 Å². The number of amides is 1. The highest BCUT2D eigenvalue weighted by Crippen LogP contribution is 2.22. The Morgan fingerprint density at radius 1 is 1.50 bits per heavy atom. The zero-order valence-corrected chi connectivity index (χ0v) is 11.4. The van der Waals surface area contributed by atoms with Gasteiger partial charge in [0.25, 0.3) is 11.6 Å². The Morgan fingerprint density at radius 2 is 2.15 bits per heavy atom. The molecule has 0 aliphatic rings. The molecule has 0 aliphatic carbocycles. The Morgan fingerprint density at radius 3 is 2.65 bits per heavy atom. The average Bonchev–Trinajstić information content (AvgIpc) is 2.42. The molecule has 20 heavy (non-hydrogen) atoms. The lowest BCUT2D eigenvalue weighted by molar-refractivity contribution is -0.385. The molecule has 0 saturated heterocycles. The zero-order valence-electron chi connectivity index (χ0n) is 11.4. The van der Waals surface area contributed by atoms with E-state index in [-0.39, 0.29) is 30.0 Å². The van der Waals surface area contributed by atoms with Gasteiger partial charge in [-0.15, -0.1) is 0 Å². The van der Waals surface area contributed by atoms with Crippen LogP contribution in [0.15, 0.2) is 12.1 Å². The van der Waals surface area contributed by atoms with Gasteiger partial charge in [0.1, 0.15) is 5.82 Å². The van der Waals surface area contributed by atoms with E-state index in [0.29, 0.717) is 13.0 Å². The van der Waals surface area contributed by atoms with E-state index >= 15 is 0 Å². The summed E-state index contributed by atoms with van der Waals surface area (Å²) in [5.41, 5.74) is -0.567. The van der Waals surface area contributed by atoms with E-state index in [9.17, 15) is 19.3 Å². The number of aliphatic hydroxyl groups is 1. The Hall–Kier alpha value is -2.02. The number of nitrogens with zero attached hydrogens (tertiary/aromatic N) is 2. The SMILES string of the molecule is CCN(CCCO)C(=O)c1cc([N+](=O)[O-])cc(C)c1F. The summed E-state index contributed by atoms with van der Waals surface area (Å²) < 4.78 is 14.0. The van der Waals surface area contributed by atoms with Crippen LogP contribution in [0.1, 0.15) is 29.3 Å². The van der Waals surface area contributed by atoms with E-state index < -0.39 is 16.6 Å². The molecule has 110 valence electrons.